The van der Waals surface area contributed by atoms with E-state index in [9.17, 15) is 0 Å². The molecule has 0 saturated carbocycles. The van der Waals surface area contributed by atoms with E-state index < -0.39 is 0 Å². The first-order valence-electron chi connectivity index (χ1n) is 4.65. The molecule has 0 saturated heterocycles. The van der Waals surface area contributed by atoms with E-state index in [4.69, 9.17) is 10.5 Å². The van der Waals surface area contributed by atoms with Gasteiger partial charge in [0.15, 0.2) is 0 Å². The van der Waals surface area contributed by atoms with Gasteiger partial charge in [0.05, 0.1) is 7.11 Å². The Bertz CT molecular complexity index is 260. The molecule has 0 aromatic heterocycles. The van der Waals surface area contributed by atoms with Crippen LogP contribution < -0.4 is 10.5 Å². The maximum atomic E-state index is 5.87. The number of benzene rings is 1. The number of nitrogens with two attached hydrogens (primary N) is 1. The van der Waals surface area contributed by atoms with Crippen LogP contribution in [0.25, 0.3) is 0 Å². The largest absolute Gasteiger partial charge is 0.496 e. The molecule has 1 rings (SSSR count). The van der Waals surface area contributed by atoms with Crippen molar-refractivity contribution in [3.63, 3.8) is 0 Å². The molecule has 0 bridgehead atoms. The van der Waals surface area contributed by atoms with Crippen LogP contribution in [0.15, 0.2) is 24.3 Å². The van der Waals surface area contributed by atoms with Gasteiger partial charge in [0, 0.05) is 6.04 Å². The Morgan fingerprint density at radius 3 is 2.69 bits per heavy atom. The van der Waals surface area contributed by atoms with E-state index in [0.717, 1.165) is 18.6 Å². The van der Waals surface area contributed by atoms with Crippen molar-refractivity contribution in [2.45, 2.75) is 25.8 Å². The van der Waals surface area contributed by atoms with Crippen molar-refractivity contribution in [1.29, 1.82) is 0 Å². The lowest BCUT2D eigenvalue weighted by Gasteiger charge is -2.11. The predicted octanol–water partition coefficient (Wildman–Crippen LogP) is 1.98. The number of ether oxygens (including phenoxy) is 1. The highest BCUT2D eigenvalue weighted by atomic mass is 16.5. The van der Waals surface area contributed by atoms with Crippen LogP contribution in [0.4, 0.5) is 0 Å². The lowest BCUT2D eigenvalue weighted by molar-refractivity contribution is 0.407. The molecule has 72 valence electrons. The zero-order chi connectivity index (χ0) is 9.68. The summed E-state index contributed by atoms with van der Waals surface area (Å²) in [6.45, 7) is 2.10. The average Bonchev–Trinajstić information content (AvgIpc) is 2.18. The lowest BCUT2D eigenvalue weighted by Crippen LogP contribution is -2.21. The van der Waals surface area contributed by atoms with Gasteiger partial charge in [-0.15, -0.1) is 0 Å². The number of hydrogen-bond acceptors (Lipinski definition) is 2. The molecule has 2 heteroatoms. The third-order valence-electron chi connectivity index (χ3n) is 2.20. The van der Waals surface area contributed by atoms with Crippen molar-refractivity contribution in [2.24, 2.45) is 5.73 Å². The fourth-order valence-corrected chi connectivity index (χ4v) is 1.30. The van der Waals surface area contributed by atoms with Gasteiger partial charge in [0.2, 0.25) is 0 Å². The van der Waals surface area contributed by atoms with Crippen LogP contribution in [0.2, 0.25) is 0 Å². The van der Waals surface area contributed by atoms with Crippen molar-refractivity contribution in [3.05, 3.63) is 29.8 Å². The maximum Gasteiger partial charge on any atom is 0.122 e. The quantitative estimate of drug-likeness (QED) is 0.767. The normalized spacial score (nSPS) is 12.5. The molecule has 2 nitrogen and oxygen atoms in total. The minimum atomic E-state index is 0.233. The van der Waals surface area contributed by atoms with Crippen molar-refractivity contribution in [3.8, 4) is 5.75 Å². The SMILES string of the molecule is CC[C@@H](N)Cc1ccccc1OC. The molecular weight excluding hydrogens is 162 g/mol. The van der Waals surface area contributed by atoms with E-state index in [1.165, 1.54) is 5.56 Å². The highest BCUT2D eigenvalue weighted by molar-refractivity contribution is 5.33. The van der Waals surface area contributed by atoms with E-state index in [1.807, 2.05) is 18.2 Å². The van der Waals surface area contributed by atoms with Crippen LogP contribution >= 0.6 is 0 Å². The Morgan fingerprint density at radius 1 is 1.38 bits per heavy atom. The molecule has 0 spiro atoms. The van der Waals surface area contributed by atoms with E-state index in [-0.39, 0.29) is 6.04 Å². The maximum absolute atomic E-state index is 5.87. The fraction of sp³-hybridized carbons (Fsp3) is 0.455. The van der Waals surface area contributed by atoms with Gasteiger partial charge < -0.3 is 10.5 Å². The summed E-state index contributed by atoms with van der Waals surface area (Å²) in [7, 11) is 1.69. The predicted molar refractivity (Wildman–Crippen MR) is 55.0 cm³/mol. The fourth-order valence-electron chi connectivity index (χ4n) is 1.30. The molecule has 0 heterocycles. The van der Waals surface area contributed by atoms with Gasteiger partial charge in [-0.25, -0.2) is 0 Å². The smallest absolute Gasteiger partial charge is 0.122 e. The van der Waals surface area contributed by atoms with Crippen LogP contribution in [0, 0.1) is 0 Å². The Kier molecular flexibility index (Phi) is 3.77. The van der Waals surface area contributed by atoms with Gasteiger partial charge in [0.25, 0.3) is 0 Å². The van der Waals surface area contributed by atoms with Gasteiger partial charge in [-0.3, -0.25) is 0 Å². The van der Waals surface area contributed by atoms with Crippen LogP contribution in [0.1, 0.15) is 18.9 Å². The minimum Gasteiger partial charge on any atom is -0.496 e. The summed E-state index contributed by atoms with van der Waals surface area (Å²) >= 11 is 0. The summed E-state index contributed by atoms with van der Waals surface area (Å²) in [5.41, 5.74) is 7.07. The highest BCUT2D eigenvalue weighted by Crippen LogP contribution is 2.18. The molecule has 1 aromatic carbocycles. The topological polar surface area (TPSA) is 35.2 Å². The number of rotatable bonds is 4. The van der Waals surface area contributed by atoms with E-state index in [0.29, 0.717) is 0 Å². The first kappa shape index (κ1) is 10.1. The lowest BCUT2D eigenvalue weighted by atomic mass is 10.0. The Morgan fingerprint density at radius 2 is 2.08 bits per heavy atom. The summed E-state index contributed by atoms with van der Waals surface area (Å²) in [5, 5.41) is 0. The average molecular weight is 179 g/mol. The van der Waals surface area contributed by atoms with Gasteiger partial charge >= 0.3 is 0 Å². The Labute approximate surface area is 79.7 Å². The number of para-hydroxylation sites is 1. The van der Waals surface area contributed by atoms with Crippen LogP contribution in [0.3, 0.4) is 0 Å². The second-order valence-corrected chi connectivity index (χ2v) is 3.18. The number of hydrogen-bond donors (Lipinski definition) is 1. The molecular formula is C11H17NO. The summed E-state index contributed by atoms with van der Waals surface area (Å²) < 4.78 is 5.24. The molecule has 0 fully saturated rings. The van der Waals surface area contributed by atoms with E-state index >= 15 is 0 Å². The first-order valence-corrected chi connectivity index (χ1v) is 4.65. The molecule has 1 atom stereocenters. The van der Waals surface area contributed by atoms with Crippen LogP contribution in [0.5, 0.6) is 5.75 Å². The molecule has 0 amide bonds. The third kappa shape index (κ3) is 2.74. The van der Waals surface area contributed by atoms with Gasteiger partial charge in [-0.05, 0) is 24.5 Å². The van der Waals surface area contributed by atoms with E-state index in [1.54, 1.807) is 7.11 Å². The van der Waals surface area contributed by atoms with Crippen LogP contribution in [-0.4, -0.2) is 13.2 Å². The second-order valence-electron chi connectivity index (χ2n) is 3.18. The Balaban J connectivity index is 2.74. The van der Waals surface area contributed by atoms with Crippen LogP contribution in [-0.2, 0) is 6.42 Å². The molecule has 0 aliphatic carbocycles. The minimum absolute atomic E-state index is 0.233. The monoisotopic (exact) mass is 179 g/mol. The molecule has 13 heavy (non-hydrogen) atoms. The van der Waals surface area contributed by atoms with Crippen molar-refractivity contribution in [2.75, 3.05) is 7.11 Å². The summed E-state index contributed by atoms with van der Waals surface area (Å²) in [4.78, 5) is 0. The molecule has 2 N–H and O–H groups in total. The Hall–Kier alpha value is -1.02. The summed E-state index contributed by atoms with van der Waals surface area (Å²) in [6.07, 6.45) is 1.89. The zero-order valence-corrected chi connectivity index (χ0v) is 8.29. The van der Waals surface area contributed by atoms with Crippen molar-refractivity contribution >= 4 is 0 Å². The standard InChI is InChI=1S/C11H17NO/c1-3-10(12)8-9-6-4-5-7-11(9)13-2/h4-7,10H,3,8,12H2,1-2H3/t10-/m1/s1. The molecule has 0 aliphatic heterocycles. The highest BCUT2D eigenvalue weighted by Gasteiger charge is 2.05. The van der Waals surface area contributed by atoms with Crippen molar-refractivity contribution < 1.29 is 4.74 Å². The van der Waals surface area contributed by atoms with Gasteiger partial charge in [0.1, 0.15) is 5.75 Å². The molecule has 0 aliphatic rings. The summed E-state index contributed by atoms with van der Waals surface area (Å²) in [6, 6.07) is 8.25. The third-order valence-corrected chi connectivity index (χ3v) is 2.20. The van der Waals surface area contributed by atoms with Gasteiger partial charge in [-0.2, -0.15) is 0 Å². The first-order chi connectivity index (χ1) is 6.27. The second kappa shape index (κ2) is 4.87. The van der Waals surface area contributed by atoms with E-state index in [2.05, 4.69) is 13.0 Å². The summed E-state index contributed by atoms with van der Waals surface area (Å²) in [5.74, 6) is 0.936. The molecule has 0 radical (unpaired) electrons. The zero-order valence-electron chi connectivity index (χ0n) is 8.29. The number of methoxy groups -OCH3 is 1. The molecule has 0 unspecified atom stereocenters. The van der Waals surface area contributed by atoms with Gasteiger partial charge in [-0.1, -0.05) is 25.1 Å². The molecule has 1 aromatic rings. The van der Waals surface area contributed by atoms with Crippen molar-refractivity contribution in [1.82, 2.24) is 0 Å².